The molecule has 4 rings (SSSR count). The number of aromatic nitrogens is 3. The molecule has 0 spiro atoms. The Hall–Kier alpha value is -3.28. The second kappa shape index (κ2) is 4.36. The van der Waals surface area contributed by atoms with Gasteiger partial charge in [0.2, 0.25) is 0 Å². The van der Waals surface area contributed by atoms with Gasteiger partial charge in [-0.05, 0) is 24.3 Å². The number of hydrogen-bond donors (Lipinski definition) is 3. The van der Waals surface area contributed by atoms with Crippen LogP contribution in [0, 0.1) is 0 Å². The summed E-state index contributed by atoms with van der Waals surface area (Å²) in [6.45, 7) is 0. The monoisotopic (exact) mass is 292 g/mol. The number of nitrogen functional groups attached to an aromatic ring is 1. The van der Waals surface area contributed by atoms with E-state index in [9.17, 15) is 10.2 Å². The van der Waals surface area contributed by atoms with E-state index in [4.69, 9.17) is 5.73 Å². The lowest BCUT2D eigenvalue weighted by atomic mass is 10.1. The van der Waals surface area contributed by atoms with Gasteiger partial charge in [0.05, 0.1) is 22.9 Å². The molecule has 0 atom stereocenters. The van der Waals surface area contributed by atoms with E-state index in [1.165, 1.54) is 6.07 Å². The summed E-state index contributed by atoms with van der Waals surface area (Å²) in [5, 5.41) is 19.9. The van der Waals surface area contributed by atoms with Crippen molar-refractivity contribution in [2.24, 2.45) is 0 Å². The zero-order valence-electron chi connectivity index (χ0n) is 11.4. The maximum Gasteiger partial charge on any atom is 0.180 e. The van der Waals surface area contributed by atoms with Gasteiger partial charge in [-0.1, -0.05) is 18.2 Å². The largest absolute Gasteiger partial charge is 0.504 e. The second-order valence-electron chi connectivity index (χ2n) is 4.96. The molecule has 108 valence electrons. The summed E-state index contributed by atoms with van der Waals surface area (Å²) in [6, 6.07) is 12.3. The Morgan fingerprint density at radius 2 is 1.82 bits per heavy atom. The van der Waals surface area contributed by atoms with E-state index < -0.39 is 0 Å². The molecule has 0 aliphatic rings. The number of anilines is 1. The molecule has 0 bridgehead atoms. The maximum atomic E-state index is 10.1. The highest BCUT2D eigenvalue weighted by molar-refractivity contribution is 5.86. The summed E-state index contributed by atoms with van der Waals surface area (Å²) >= 11 is 0. The van der Waals surface area contributed by atoms with Gasteiger partial charge in [0.25, 0.3) is 0 Å². The van der Waals surface area contributed by atoms with Crippen LogP contribution in [0.4, 0.5) is 5.82 Å². The lowest BCUT2D eigenvalue weighted by Gasteiger charge is -2.09. The molecular weight excluding hydrogens is 280 g/mol. The molecule has 0 aliphatic carbocycles. The standard InChI is InChI=1S/C16H12N4O2/c17-15-16-18-8-12(9-4-3-7-13(21)14(9)22)20(16)11-6-2-1-5-10(11)19-15/h1-8,21-22H,(H2,17,19). The first-order valence-electron chi connectivity index (χ1n) is 6.70. The van der Waals surface area contributed by atoms with Crippen LogP contribution < -0.4 is 5.73 Å². The van der Waals surface area contributed by atoms with Gasteiger partial charge in [0.15, 0.2) is 23.0 Å². The van der Waals surface area contributed by atoms with Crippen LogP contribution in [0.2, 0.25) is 0 Å². The van der Waals surface area contributed by atoms with E-state index in [2.05, 4.69) is 9.97 Å². The zero-order valence-corrected chi connectivity index (χ0v) is 11.4. The van der Waals surface area contributed by atoms with Crippen molar-refractivity contribution in [3.8, 4) is 22.8 Å². The summed E-state index contributed by atoms with van der Waals surface area (Å²) in [4.78, 5) is 8.63. The minimum absolute atomic E-state index is 0.182. The lowest BCUT2D eigenvalue weighted by molar-refractivity contribution is 0.405. The summed E-state index contributed by atoms with van der Waals surface area (Å²) in [6.07, 6.45) is 1.61. The number of hydrogen-bond acceptors (Lipinski definition) is 5. The third-order valence-electron chi connectivity index (χ3n) is 3.65. The molecule has 0 saturated heterocycles. The number of nitrogens with two attached hydrogens (primary N) is 1. The lowest BCUT2D eigenvalue weighted by Crippen LogP contribution is -1.99. The van der Waals surface area contributed by atoms with Crippen LogP contribution in [-0.2, 0) is 0 Å². The Bertz CT molecular complexity index is 1020. The summed E-state index contributed by atoms with van der Waals surface area (Å²) in [5.74, 6) is -0.0628. The third kappa shape index (κ3) is 1.61. The number of imidazole rings is 1. The molecule has 0 unspecified atom stereocenters. The molecule has 4 aromatic rings. The molecule has 0 aliphatic heterocycles. The van der Waals surface area contributed by atoms with Gasteiger partial charge in [0, 0.05) is 5.56 Å². The SMILES string of the molecule is Nc1nc2ccccc2n2c(-c3cccc(O)c3O)cnc12. The molecule has 6 heteroatoms. The summed E-state index contributed by atoms with van der Waals surface area (Å²) < 4.78 is 1.83. The van der Waals surface area contributed by atoms with Crippen LogP contribution in [-0.4, -0.2) is 24.6 Å². The van der Waals surface area contributed by atoms with Crippen molar-refractivity contribution < 1.29 is 10.2 Å². The fourth-order valence-corrected chi connectivity index (χ4v) is 2.63. The molecule has 4 N–H and O–H groups in total. The van der Waals surface area contributed by atoms with E-state index in [1.54, 1.807) is 18.3 Å². The average Bonchev–Trinajstić information content (AvgIpc) is 2.96. The Balaban J connectivity index is 2.18. The molecular formula is C16H12N4O2. The van der Waals surface area contributed by atoms with Crippen molar-refractivity contribution in [1.29, 1.82) is 0 Å². The molecule has 0 saturated carbocycles. The van der Waals surface area contributed by atoms with Gasteiger partial charge in [-0.15, -0.1) is 0 Å². The zero-order chi connectivity index (χ0) is 15.3. The Kier molecular flexibility index (Phi) is 2.47. The number of nitrogens with zero attached hydrogens (tertiary/aromatic N) is 3. The number of rotatable bonds is 1. The van der Waals surface area contributed by atoms with Crippen molar-refractivity contribution in [1.82, 2.24) is 14.4 Å². The average molecular weight is 292 g/mol. The van der Waals surface area contributed by atoms with Gasteiger partial charge >= 0.3 is 0 Å². The molecule has 0 amide bonds. The van der Waals surface area contributed by atoms with E-state index >= 15 is 0 Å². The number of para-hydroxylation sites is 3. The predicted octanol–water partition coefficient (Wildman–Crippen LogP) is 2.54. The predicted molar refractivity (Wildman–Crippen MR) is 83.7 cm³/mol. The first-order chi connectivity index (χ1) is 10.7. The molecule has 2 heterocycles. The Morgan fingerprint density at radius 3 is 2.68 bits per heavy atom. The van der Waals surface area contributed by atoms with E-state index in [0.717, 1.165) is 11.0 Å². The second-order valence-corrected chi connectivity index (χ2v) is 4.96. The topological polar surface area (TPSA) is 96.7 Å². The quantitative estimate of drug-likeness (QED) is 0.468. The van der Waals surface area contributed by atoms with Crippen molar-refractivity contribution in [2.45, 2.75) is 0 Å². The summed E-state index contributed by atoms with van der Waals surface area (Å²) in [5.41, 5.74) is 9.14. The van der Waals surface area contributed by atoms with Gasteiger partial charge < -0.3 is 15.9 Å². The highest BCUT2D eigenvalue weighted by Crippen LogP contribution is 2.37. The number of fused-ring (bicyclic) bond motifs is 3. The van der Waals surface area contributed by atoms with E-state index in [-0.39, 0.29) is 11.5 Å². The molecule has 6 nitrogen and oxygen atoms in total. The highest BCUT2D eigenvalue weighted by Gasteiger charge is 2.16. The number of phenolic OH excluding ortho intramolecular Hbond substituents is 2. The molecule has 0 fully saturated rings. The fraction of sp³-hybridized carbons (Fsp3) is 0. The summed E-state index contributed by atoms with van der Waals surface area (Å²) in [7, 11) is 0. The van der Waals surface area contributed by atoms with Crippen LogP contribution >= 0.6 is 0 Å². The van der Waals surface area contributed by atoms with Gasteiger partial charge in [-0.2, -0.15) is 0 Å². The number of aromatic hydroxyl groups is 2. The van der Waals surface area contributed by atoms with Crippen molar-refractivity contribution in [3.05, 3.63) is 48.7 Å². The Labute approximate surface area is 125 Å². The van der Waals surface area contributed by atoms with E-state index in [0.29, 0.717) is 22.7 Å². The van der Waals surface area contributed by atoms with Gasteiger partial charge in [-0.25, -0.2) is 9.97 Å². The van der Waals surface area contributed by atoms with Crippen molar-refractivity contribution in [2.75, 3.05) is 5.73 Å². The van der Waals surface area contributed by atoms with Crippen LogP contribution in [0.3, 0.4) is 0 Å². The van der Waals surface area contributed by atoms with Gasteiger partial charge in [-0.3, -0.25) is 4.40 Å². The van der Waals surface area contributed by atoms with Crippen molar-refractivity contribution in [3.63, 3.8) is 0 Å². The third-order valence-corrected chi connectivity index (χ3v) is 3.65. The minimum atomic E-state index is -0.191. The highest BCUT2D eigenvalue weighted by atomic mass is 16.3. The molecule has 2 aromatic heterocycles. The number of benzene rings is 2. The Morgan fingerprint density at radius 1 is 1.00 bits per heavy atom. The van der Waals surface area contributed by atoms with Crippen LogP contribution in [0.5, 0.6) is 11.5 Å². The van der Waals surface area contributed by atoms with Gasteiger partial charge in [0.1, 0.15) is 0 Å². The molecule has 0 radical (unpaired) electrons. The maximum absolute atomic E-state index is 10.1. The van der Waals surface area contributed by atoms with Crippen LogP contribution in [0.15, 0.2) is 48.7 Å². The minimum Gasteiger partial charge on any atom is -0.504 e. The molecule has 22 heavy (non-hydrogen) atoms. The normalized spacial score (nSPS) is 11.3. The van der Waals surface area contributed by atoms with Crippen molar-refractivity contribution >= 4 is 22.5 Å². The smallest absolute Gasteiger partial charge is 0.180 e. The van der Waals surface area contributed by atoms with E-state index in [1.807, 2.05) is 28.7 Å². The van der Waals surface area contributed by atoms with Crippen LogP contribution in [0.25, 0.3) is 27.9 Å². The first-order valence-corrected chi connectivity index (χ1v) is 6.70. The van der Waals surface area contributed by atoms with Crippen LogP contribution in [0.1, 0.15) is 0 Å². The first kappa shape index (κ1) is 12.5. The number of phenols is 2. The molecule has 2 aromatic carbocycles. The fourth-order valence-electron chi connectivity index (χ4n) is 2.63.